The fraction of sp³-hybridized carbons (Fsp3) is 0.500. The Bertz CT molecular complexity index is 297. The molecular weight excluding hydrogens is 252 g/mol. The van der Waals surface area contributed by atoms with Gasteiger partial charge in [0.15, 0.2) is 0 Å². The highest BCUT2D eigenvalue weighted by molar-refractivity contribution is 9.10. The number of hydrogen-bond donors (Lipinski definition) is 1. The Morgan fingerprint density at radius 3 is 2.47 bits per heavy atom. The Labute approximate surface area is 101 Å². The summed E-state index contributed by atoms with van der Waals surface area (Å²) < 4.78 is 1.12. The van der Waals surface area contributed by atoms with Gasteiger partial charge in [-0.15, -0.1) is 0 Å². The molecule has 1 atom stereocenters. The molecule has 0 aromatic heterocycles. The zero-order chi connectivity index (χ0) is 11.3. The van der Waals surface area contributed by atoms with Crippen LogP contribution in [-0.4, -0.2) is 24.5 Å². The van der Waals surface area contributed by atoms with E-state index in [4.69, 9.17) is 5.73 Å². The van der Waals surface area contributed by atoms with E-state index in [1.807, 2.05) is 6.07 Å². The summed E-state index contributed by atoms with van der Waals surface area (Å²) in [4.78, 5) is 2.38. The van der Waals surface area contributed by atoms with Gasteiger partial charge in [0.25, 0.3) is 0 Å². The monoisotopic (exact) mass is 270 g/mol. The maximum atomic E-state index is 5.85. The smallest absolute Gasteiger partial charge is 0.0470 e. The van der Waals surface area contributed by atoms with Gasteiger partial charge in [-0.25, -0.2) is 0 Å². The first kappa shape index (κ1) is 12.7. The molecule has 0 saturated heterocycles. The molecule has 0 spiro atoms. The minimum absolute atomic E-state index is 0.331. The van der Waals surface area contributed by atoms with Crippen LogP contribution in [0.1, 0.15) is 25.5 Å². The molecule has 0 fully saturated rings. The number of nitrogens with two attached hydrogens (primary N) is 1. The van der Waals surface area contributed by atoms with Gasteiger partial charge >= 0.3 is 0 Å². The summed E-state index contributed by atoms with van der Waals surface area (Å²) in [5.41, 5.74) is 7.14. The molecule has 0 bridgehead atoms. The third-order valence-electron chi connectivity index (χ3n) is 2.71. The summed E-state index contributed by atoms with van der Waals surface area (Å²) in [6.45, 7) is 7.07. The lowest BCUT2D eigenvalue weighted by atomic mass is 10.1. The van der Waals surface area contributed by atoms with Crippen LogP contribution in [0.15, 0.2) is 28.7 Å². The van der Waals surface area contributed by atoms with E-state index in [0.29, 0.717) is 12.6 Å². The number of halogens is 1. The first-order valence-electron chi connectivity index (χ1n) is 5.42. The highest BCUT2D eigenvalue weighted by Gasteiger charge is 2.15. The van der Waals surface area contributed by atoms with Gasteiger partial charge in [0.05, 0.1) is 0 Å². The standard InChI is InChI=1S/C12H19BrN2/c1-3-15(4-2)12(9-14)10-6-5-7-11(13)8-10/h5-8,12H,3-4,9,14H2,1-2H3. The minimum atomic E-state index is 0.331. The van der Waals surface area contributed by atoms with E-state index in [9.17, 15) is 0 Å². The van der Waals surface area contributed by atoms with Crippen molar-refractivity contribution in [2.24, 2.45) is 5.73 Å². The molecule has 0 aliphatic rings. The van der Waals surface area contributed by atoms with Crippen molar-refractivity contribution in [3.8, 4) is 0 Å². The van der Waals surface area contributed by atoms with Crippen molar-refractivity contribution in [1.82, 2.24) is 4.90 Å². The third-order valence-corrected chi connectivity index (χ3v) is 3.20. The van der Waals surface area contributed by atoms with E-state index in [1.165, 1.54) is 5.56 Å². The second-order valence-electron chi connectivity index (χ2n) is 3.53. The Balaban J connectivity index is 2.90. The SMILES string of the molecule is CCN(CC)C(CN)c1cccc(Br)c1. The van der Waals surface area contributed by atoms with Crippen LogP contribution in [0.3, 0.4) is 0 Å². The van der Waals surface area contributed by atoms with Crippen LogP contribution in [0, 0.1) is 0 Å². The summed E-state index contributed by atoms with van der Waals surface area (Å²) in [5, 5.41) is 0. The Kier molecular flexibility index (Phi) is 5.29. The molecule has 0 aliphatic carbocycles. The van der Waals surface area contributed by atoms with E-state index in [-0.39, 0.29) is 0 Å². The van der Waals surface area contributed by atoms with Gasteiger partial charge < -0.3 is 5.73 Å². The summed E-state index contributed by atoms with van der Waals surface area (Å²) in [6.07, 6.45) is 0. The molecule has 1 aromatic rings. The first-order chi connectivity index (χ1) is 7.22. The van der Waals surface area contributed by atoms with Gasteiger partial charge in [0, 0.05) is 17.1 Å². The van der Waals surface area contributed by atoms with Crippen LogP contribution in [0.2, 0.25) is 0 Å². The van der Waals surface area contributed by atoms with Crippen LogP contribution >= 0.6 is 15.9 Å². The van der Waals surface area contributed by atoms with Crippen molar-refractivity contribution in [3.63, 3.8) is 0 Å². The summed E-state index contributed by atoms with van der Waals surface area (Å²) in [6, 6.07) is 8.72. The van der Waals surface area contributed by atoms with E-state index < -0.39 is 0 Å². The van der Waals surface area contributed by atoms with Crippen LogP contribution in [0.25, 0.3) is 0 Å². The Hall–Kier alpha value is -0.380. The van der Waals surface area contributed by atoms with Crippen molar-refractivity contribution in [2.45, 2.75) is 19.9 Å². The third kappa shape index (κ3) is 3.30. The zero-order valence-electron chi connectivity index (χ0n) is 9.41. The molecule has 0 radical (unpaired) electrons. The number of rotatable bonds is 5. The average molecular weight is 271 g/mol. The van der Waals surface area contributed by atoms with Crippen LogP contribution in [0.5, 0.6) is 0 Å². The molecule has 0 aliphatic heterocycles. The van der Waals surface area contributed by atoms with Crippen molar-refractivity contribution >= 4 is 15.9 Å². The molecule has 15 heavy (non-hydrogen) atoms. The van der Waals surface area contributed by atoms with Gasteiger partial charge in [-0.3, -0.25) is 4.90 Å². The van der Waals surface area contributed by atoms with Crippen LogP contribution in [-0.2, 0) is 0 Å². The highest BCUT2D eigenvalue weighted by atomic mass is 79.9. The topological polar surface area (TPSA) is 29.3 Å². The number of benzene rings is 1. The molecule has 0 heterocycles. The Morgan fingerprint density at radius 2 is 2.00 bits per heavy atom. The van der Waals surface area contributed by atoms with Crippen molar-refractivity contribution in [3.05, 3.63) is 34.3 Å². The largest absolute Gasteiger partial charge is 0.329 e. The fourth-order valence-corrected chi connectivity index (χ4v) is 2.29. The fourth-order valence-electron chi connectivity index (χ4n) is 1.87. The first-order valence-corrected chi connectivity index (χ1v) is 6.21. The van der Waals surface area contributed by atoms with Crippen LogP contribution in [0.4, 0.5) is 0 Å². The predicted octanol–water partition coefficient (Wildman–Crippen LogP) is 2.79. The van der Waals surface area contributed by atoms with Gasteiger partial charge in [0.1, 0.15) is 0 Å². The molecule has 1 unspecified atom stereocenters. The molecule has 3 heteroatoms. The minimum Gasteiger partial charge on any atom is -0.329 e. The highest BCUT2D eigenvalue weighted by Crippen LogP contribution is 2.22. The normalized spacial score (nSPS) is 13.1. The van der Waals surface area contributed by atoms with E-state index in [2.05, 4.69) is 52.9 Å². The lowest BCUT2D eigenvalue weighted by molar-refractivity contribution is 0.224. The van der Waals surface area contributed by atoms with Crippen molar-refractivity contribution < 1.29 is 0 Å². The second-order valence-corrected chi connectivity index (χ2v) is 4.44. The molecule has 2 nitrogen and oxygen atoms in total. The Morgan fingerprint density at radius 1 is 1.33 bits per heavy atom. The number of likely N-dealkylation sites (N-methyl/N-ethyl adjacent to an activating group) is 1. The maximum absolute atomic E-state index is 5.85. The molecule has 1 aromatic carbocycles. The van der Waals surface area contributed by atoms with Gasteiger partial charge in [0.2, 0.25) is 0 Å². The predicted molar refractivity (Wildman–Crippen MR) is 68.9 cm³/mol. The maximum Gasteiger partial charge on any atom is 0.0470 e. The quantitative estimate of drug-likeness (QED) is 0.892. The summed E-state index contributed by atoms with van der Waals surface area (Å²) in [7, 11) is 0. The molecule has 0 amide bonds. The van der Waals surface area contributed by atoms with E-state index >= 15 is 0 Å². The molecule has 1 rings (SSSR count). The number of nitrogens with zero attached hydrogens (tertiary/aromatic N) is 1. The van der Waals surface area contributed by atoms with E-state index in [0.717, 1.165) is 17.6 Å². The molecule has 0 saturated carbocycles. The van der Waals surface area contributed by atoms with E-state index in [1.54, 1.807) is 0 Å². The summed E-state index contributed by atoms with van der Waals surface area (Å²) >= 11 is 3.49. The molecule has 2 N–H and O–H groups in total. The molecular formula is C12H19BrN2. The number of hydrogen-bond acceptors (Lipinski definition) is 2. The lowest BCUT2D eigenvalue weighted by Crippen LogP contribution is -2.33. The zero-order valence-corrected chi connectivity index (χ0v) is 11.0. The second kappa shape index (κ2) is 6.26. The van der Waals surface area contributed by atoms with Gasteiger partial charge in [-0.1, -0.05) is 41.9 Å². The van der Waals surface area contributed by atoms with Gasteiger partial charge in [-0.05, 0) is 30.8 Å². The average Bonchev–Trinajstić information content (AvgIpc) is 2.25. The van der Waals surface area contributed by atoms with Crippen molar-refractivity contribution in [2.75, 3.05) is 19.6 Å². The lowest BCUT2D eigenvalue weighted by Gasteiger charge is -2.29. The van der Waals surface area contributed by atoms with Crippen molar-refractivity contribution in [1.29, 1.82) is 0 Å². The molecule has 84 valence electrons. The van der Waals surface area contributed by atoms with Gasteiger partial charge in [-0.2, -0.15) is 0 Å². The summed E-state index contributed by atoms with van der Waals surface area (Å²) in [5.74, 6) is 0. The van der Waals surface area contributed by atoms with Crippen LogP contribution < -0.4 is 5.73 Å².